The second-order valence-corrected chi connectivity index (χ2v) is 4.73. The predicted molar refractivity (Wildman–Crippen MR) is 75.0 cm³/mol. The zero-order valence-electron chi connectivity index (χ0n) is 10.4. The minimum absolute atomic E-state index is 0.192. The Morgan fingerprint density at radius 3 is 2.58 bits per heavy atom. The lowest BCUT2D eigenvalue weighted by Gasteiger charge is -2.14. The fourth-order valence-electron chi connectivity index (χ4n) is 1.75. The van der Waals surface area contributed by atoms with Gasteiger partial charge in [0.25, 0.3) is 0 Å². The SMILES string of the molecule is NC(COc1ccccc1)Cc1ccc(F)cc1Cl. The molecule has 0 amide bonds. The summed E-state index contributed by atoms with van der Waals surface area (Å²) in [5, 5.41) is 0.398. The number of benzene rings is 2. The molecule has 100 valence electrons. The standard InChI is InChI=1S/C15H15ClFNO/c16-15-9-12(17)7-6-11(15)8-13(18)10-19-14-4-2-1-3-5-14/h1-7,9,13H,8,10,18H2. The van der Waals surface area contributed by atoms with Gasteiger partial charge in [-0.15, -0.1) is 0 Å². The summed E-state index contributed by atoms with van der Waals surface area (Å²) in [6.07, 6.45) is 0.548. The van der Waals surface area contributed by atoms with Crippen LogP contribution in [-0.4, -0.2) is 12.6 Å². The van der Waals surface area contributed by atoms with Crippen LogP contribution < -0.4 is 10.5 Å². The second kappa shape index (κ2) is 6.55. The summed E-state index contributed by atoms with van der Waals surface area (Å²) in [5.74, 6) is 0.436. The number of nitrogens with two attached hydrogens (primary N) is 1. The van der Waals surface area contributed by atoms with Gasteiger partial charge in [0.2, 0.25) is 0 Å². The first-order valence-corrected chi connectivity index (χ1v) is 6.40. The van der Waals surface area contributed by atoms with E-state index in [2.05, 4.69) is 0 Å². The van der Waals surface area contributed by atoms with Crippen LogP contribution in [0.4, 0.5) is 4.39 Å². The first kappa shape index (κ1) is 13.8. The highest BCUT2D eigenvalue weighted by atomic mass is 35.5. The number of para-hydroxylation sites is 1. The molecule has 0 bridgehead atoms. The Morgan fingerprint density at radius 2 is 1.89 bits per heavy atom. The zero-order chi connectivity index (χ0) is 13.7. The number of hydrogen-bond donors (Lipinski definition) is 1. The summed E-state index contributed by atoms with van der Waals surface area (Å²) < 4.78 is 18.5. The smallest absolute Gasteiger partial charge is 0.124 e. The molecule has 2 aromatic carbocycles. The van der Waals surface area contributed by atoms with E-state index in [1.54, 1.807) is 6.07 Å². The molecule has 0 aliphatic rings. The lowest BCUT2D eigenvalue weighted by molar-refractivity contribution is 0.287. The van der Waals surface area contributed by atoms with Crippen molar-refractivity contribution in [2.45, 2.75) is 12.5 Å². The van der Waals surface area contributed by atoms with Crippen LogP contribution in [-0.2, 0) is 6.42 Å². The van der Waals surface area contributed by atoms with Crippen LogP contribution in [0.2, 0.25) is 5.02 Å². The summed E-state index contributed by atoms with van der Waals surface area (Å²) in [7, 11) is 0. The lowest BCUT2D eigenvalue weighted by atomic mass is 10.1. The van der Waals surface area contributed by atoms with Crippen LogP contribution in [0.1, 0.15) is 5.56 Å². The largest absolute Gasteiger partial charge is 0.492 e. The highest BCUT2D eigenvalue weighted by Gasteiger charge is 2.09. The molecule has 0 aliphatic carbocycles. The lowest BCUT2D eigenvalue weighted by Crippen LogP contribution is -2.30. The van der Waals surface area contributed by atoms with Gasteiger partial charge in [-0.1, -0.05) is 35.9 Å². The molecule has 0 aliphatic heterocycles. The van der Waals surface area contributed by atoms with Crippen molar-refractivity contribution in [3.63, 3.8) is 0 Å². The second-order valence-electron chi connectivity index (χ2n) is 4.32. The molecule has 2 rings (SSSR count). The fraction of sp³-hybridized carbons (Fsp3) is 0.200. The fourth-order valence-corrected chi connectivity index (χ4v) is 1.99. The summed E-state index contributed by atoms with van der Waals surface area (Å²) in [5.41, 5.74) is 6.81. The third-order valence-electron chi connectivity index (χ3n) is 2.70. The monoisotopic (exact) mass is 279 g/mol. The quantitative estimate of drug-likeness (QED) is 0.910. The molecular formula is C15H15ClFNO. The van der Waals surface area contributed by atoms with Crippen molar-refractivity contribution in [2.75, 3.05) is 6.61 Å². The Hall–Kier alpha value is -1.58. The van der Waals surface area contributed by atoms with Crippen LogP contribution >= 0.6 is 11.6 Å². The first-order chi connectivity index (χ1) is 9.15. The maximum absolute atomic E-state index is 12.9. The summed E-state index contributed by atoms with van der Waals surface area (Å²) in [6, 6.07) is 13.6. The van der Waals surface area contributed by atoms with E-state index in [1.807, 2.05) is 30.3 Å². The van der Waals surface area contributed by atoms with Gasteiger partial charge in [0.1, 0.15) is 18.2 Å². The molecule has 19 heavy (non-hydrogen) atoms. The van der Waals surface area contributed by atoms with Crippen molar-refractivity contribution < 1.29 is 9.13 Å². The molecule has 1 unspecified atom stereocenters. The number of halogens is 2. The number of hydrogen-bond acceptors (Lipinski definition) is 2. The third kappa shape index (κ3) is 4.23. The molecule has 0 saturated carbocycles. The topological polar surface area (TPSA) is 35.2 Å². The molecule has 0 heterocycles. The van der Waals surface area contributed by atoms with Gasteiger partial charge in [-0.05, 0) is 36.2 Å². The van der Waals surface area contributed by atoms with Gasteiger partial charge in [-0.25, -0.2) is 4.39 Å². The summed E-state index contributed by atoms with van der Waals surface area (Å²) in [6.45, 7) is 0.387. The molecule has 2 nitrogen and oxygen atoms in total. The van der Waals surface area contributed by atoms with E-state index in [-0.39, 0.29) is 11.9 Å². The van der Waals surface area contributed by atoms with Crippen molar-refractivity contribution >= 4 is 11.6 Å². The highest BCUT2D eigenvalue weighted by molar-refractivity contribution is 6.31. The van der Waals surface area contributed by atoms with Crippen LogP contribution in [0, 0.1) is 5.82 Å². The maximum atomic E-state index is 12.9. The van der Waals surface area contributed by atoms with Crippen molar-refractivity contribution in [2.24, 2.45) is 5.73 Å². The van der Waals surface area contributed by atoms with Gasteiger partial charge < -0.3 is 10.5 Å². The molecule has 0 saturated heterocycles. The first-order valence-electron chi connectivity index (χ1n) is 6.02. The maximum Gasteiger partial charge on any atom is 0.124 e. The van der Waals surface area contributed by atoms with Crippen LogP contribution in [0.15, 0.2) is 48.5 Å². The van der Waals surface area contributed by atoms with E-state index in [0.717, 1.165) is 11.3 Å². The molecule has 0 aromatic heterocycles. The molecule has 2 aromatic rings. The number of ether oxygens (including phenoxy) is 1. The van der Waals surface area contributed by atoms with Crippen molar-refractivity contribution in [3.05, 3.63) is 64.9 Å². The average Bonchev–Trinajstić information content (AvgIpc) is 2.41. The minimum Gasteiger partial charge on any atom is -0.492 e. The van der Waals surface area contributed by atoms with Gasteiger partial charge >= 0.3 is 0 Å². The molecule has 2 N–H and O–H groups in total. The molecule has 0 spiro atoms. The highest BCUT2D eigenvalue weighted by Crippen LogP contribution is 2.18. The minimum atomic E-state index is -0.345. The van der Waals surface area contributed by atoms with Crippen LogP contribution in [0.5, 0.6) is 5.75 Å². The van der Waals surface area contributed by atoms with Gasteiger partial charge in [0, 0.05) is 11.1 Å². The Morgan fingerprint density at radius 1 is 1.16 bits per heavy atom. The summed E-state index contributed by atoms with van der Waals surface area (Å²) in [4.78, 5) is 0. The van der Waals surface area contributed by atoms with Crippen molar-refractivity contribution in [1.82, 2.24) is 0 Å². The zero-order valence-corrected chi connectivity index (χ0v) is 11.1. The molecule has 0 radical (unpaired) electrons. The van der Waals surface area contributed by atoms with E-state index in [1.165, 1.54) is 12.1 Å². The third-order valence-corrected chi connectivity index (χ3v) is 3.06. The Bertz CT molecular complexity index is 533. The number of rotatable bonds is 5. The molecule has 1 atom stereocenters. The van der Waals surface area contributed by atoms with E-state index in [9.17, 15) is 4.39 Å². The van der Waals surface area contributed by atoms with Gasteiger partial charge in [0.15, 0.2) is 0 Å². The summed E-state index contributed by atoms with van der Waals surface area (Å²) >= 11 is 5.95. The van der Waals surface area contributed by atoms with E-state index in [4.69, 9.17) is 22.1 Å². The Kier molecular flexibility index (Phi) is 4.77. The molecular weight excluding hydrogens is 265 g/mol. The van der Waals surface area contributed by atoms with Gasteiger partial charge in [0.05, 0.1) is 0 Å². The van der Waals surface area contributed by atoms with Crippen LogP contribution in [0.25, 0.3) is 0 Å². The Balaban J connectivity index is 1.89. The van der Waals surface area contributed by atoms with Gasteiger partial charge in [-0.3, -0.25) is 0 Å². The van der Waals surface area contributed by atoms with Crippen molar-refractivity contribution in [3.8, 4) is 5.75 Å². The van der Waals surface area contributed by atoms with Crippen LogP contribution in [0.3, 0.4) is 0 Å². The molecule has 0 fully saturated rings. The van der Waals surface area contributed by atoms with Crippen molar-refractivity contribution in [1.29, 1.82) is 0 Å². The predicted octanol–water partition coefficient (Wildman–Crippen LogP) is 3.43. The Labute approximate surface area is 117 Å². The van der Waals surface area contributed by atoms with Gasteiger partial charge in [-0.2, -0.15) is 0 Å². The molecule has 4 heteroatoms. The average molecular weight is 280 g/mol. The normalized spacial score (nSPS) is 12.2. The van der Waals surface area contributed by atoms with E-state index in [0.29, 0.717) is 18.1 Å². The van der Waals surface area contributed by atoms with E-state index >= 15 is 0 Å². The van der Waals surface area contributed by atoms with E-state index < -0.39 is 0 Å².